The van der Waals surface area contributed by atoms with Gasteiger partial charge < -0.3 is 15.0 Å². The van der Waals surface area contributed by atoms with Crippen molar-refractivity contribution in [2.75, 3.05) is 6.61 Å². The van der Waals surface area contributed by atoms with E-state index in [2.05, 4.69) is 5.32 Å². The van der Waals surface area contributed by atoms with Crippen molar-refractivity contribution in [2.24, 2.45) is 0 Å². The average molecular weight is 586 g/mol. The smallest absolute Gasteiger partial charge is 0.261 e. The molecule has 0 radical (unpaired) electrons. The molecule has 0 aliphatic rings. The van der Waals surface area contributed by atoms with E-state index >= 15 is 0 Å². The van der Waals surface area contributed by atoms with E-state index in [0.717, 1.165) is 0 Å². The number of carbonyl (C=O) groups excluding carboxylic acids is 2. The highest BCUT2D eigenvalue weighted by atomic mass is 35.5. The van der Waals surface area contributed by atoms with Crippen LogP contribution in [0, 0.1) is 5.82 Å². The molecule has 9 heteroatoms. The van der Waals surface area contributed by atoms with E-state index in [1.165, 1.54) is 17.0 Å². The molecule has 0 saturated carbocycles. The van der Waals surface area contributed by atoms with Crippen molar-refractivity contribution in [2.45, 2.75) is 19.1 Å². The van der Waals surface area contributed by atoms with E-state index in [1.54, 1.807) is 78.9 Å². The zero-order chi connectivity index (χ0) is 27.8. The molecule has 0 aliphatic heterocycles. The van der Waals surface area contributed by atoms with Crippen LogP contribution >= 0.6 is 34.8 Å². The Hall–Kier alpha value is -3.58. The third-order valence-electron chi connectivity index (χ3n) is 5.92. The fourth-order valence-electron chi connectivity index (χ4n) is 3.95. The average Bonchev–Trinajstić information content (AvgIpc) is 2.93. The molecule has 4 aromatic carbocycles. The van der Waals surface area contributed by atoms with Crippen molar-refractivity contribution >= 4 is 46.6 Å². The predicted molar refractivity (Wildman–Crippen MR) is 151 cm³/mol. The summed E-state index contributed by atoms with van der Waals surface area (Å²) in [5, 5.41) is 4.13. The first-order valence-electron chi connectivity index (χ1n) is 12.0. The zero-order valence-electron chi connectivity index (χ0n) is 20.6. The van der Waals surface area contributed by atoms with Crippen LogP contribution in [-0.2, 0) is 22.7 Å². The van der Waals surface area contributed by atoms with E-state index in [1.807, 2.05) is 6.07 Å². The maximum absolute atomic E-state index is 13.7. The summed E-state index contributed by atoms with van der Waals surface area (Å²) >= 11 is 18.5. The van der Waals surface area contributed by atoms with Gasteiger partial charge in [0.15, 0.2) is 6.61 Å². The first-order chi connectivity index (χ1) is 18.8. The number of nitrogens with one attached hydrogen (secondary N) is 1. The fourth-order valence-corrected chi connectivity index (χ4v) is 4.61. The third-order valence-corrected chi connectivity index (χ3v) is 6.82. The lowest BCUT2D eigenvalue weighted by Crippen LogP contribution is -2.45. The molecule has 2 amide bonds. The van der Waals surface area contributed by atoms with E-state index in [-0.39, 0.29) is 19.7 Å². The predicted octanol–water partition coefficient (Wildman–Crippen LogP) is 7.25. The Balaban J connectivity index is 1.64. The van der Waals surface area contributed by atoms with Gasteiger partial charge in [0.1, 0.15) is 17.6 Å². The van der Waals surface area contributed by atoms with E-state index in [4.69, 9.17) is 39.5 Å². The molecule has 0 aromatic heterocycles. The first-order valence-corrected chi connectivity index (χ1v) is 13.1. The number of carbonyl (C=O) groups is 2. The number of para-hydroxylation sites is 1. The molecule has 200 valence electrons. The van der Waals surface area contributed by atoms with Gasteiger partial charge in [-0.2, -0.15) is 0 Å². The van der Waals surface area contributed by atoms with Crippen LogP contribution in [-0.4, -0.2) is 23.3 Å². The molecule has 0 heterocycles. The van der Waals surface area contributed by atoms with E-state index in [9.17, 15) is 14.0 Å². The second-order valence-electron chi connectivity index (χ2n) is 8.63. The number of ether oxygens (including phenoxy) is 1. The number of hydrogen-bond donors (Lipinski definition) is 1. The van der Waals surface area contributed by atoms with Gasteiger partial charge in [-0.3, -0.25) is 9.59 Å². The van der Waals surface area contributed by atoms with Crippen molar-refractivity contribution in [1.82, 2.24) is 10.2 Å². The molecule has 1 atom stereocenters. The molecule has 0 aliphatic carbocycles. The van der Waals surface area contributed by atoms with Gasteiger partial charge in [-0.15, -0.1) is 0 Å². The first kappa shape index (κ1) is 28.4. The molecule has 0 fully saturated rings. The maximum Gasteiger partial charge on any atom is 0.261 e. The summed E-state index contributed by atoms with van der Waals surface area (Å²) in [5.74, 6) is -0.962. The summed E-state index contributed by atoms with van der Waals surface area (Å²) in [5.41, 5.74) is 1.89. The van der Waals surface area contributed by atoms with Gasteiger partial charge in [0.05, 0.1) is 5.02 Å². The van der Waals surface area contributed by atoms with Gasteiger partial charge in [-0.25, -0.2) is 4.39 Å². The molecular formula is C30H24Cl3FN2O3. The molecule has 4 aromatic rings. The van der Waals surface area contributed by atoms with Gasteiger partial charge in [0, 0.05) is 23.1 Å². The Morgan fingerprint density at radius 3 is 2.23 bits per heavy atom. The lowest BCUT2D eigenvalue weighted by atomic mass is 10.0. The lowest BCUT2D eigenvalue weighted by Gasteiger charge is -2.31. The highest BCUT2D eigenvalue weighted by molar-refractivity contribution is 6.35. The third kappa shape index (κ3) is 7.73. The molecule has 39 heavy (non-hydrogen) atoms. The van der Waals surface area contributed by atoms with Crippen LogP contribution in [0.15, 0.2) is 97.1 Å². The minimum Gasteiger partial charge on any atom is -0.482 e. The Bertz CT molecular complexity index is 1440. The highest BCUT2D eigenvalue weighted by Gasteiger charge is 2.32. The Kier molecular flexibility index (Phi) is 9.82. The van der Waals surface area contributed by atoms with Crippen LogP contribution in [0.5, 0.6) is 5.75 Å². The molecular weight excluding hydrogens is 562 g/mol. The molecule has 4 rings (SSSR count). The summed E-state index contributed by atoms with van der Waals surface area (Å²) in [6.45, 7) is -0.225. The van der Waals surface area contributed by atoms with Crippen LogP contribution < -0.4 is 10.1 Å². The second kappa shape index (κ2) is 13.5. The van der Waals surface area contributed by atoms with E-state index < -0.39 is 23.7 Å². The quantitative estimate of drug-likeness (QED) is 0.213. The topological polar surface area (TPSA) is 58.6 Å². The maximum atomic E-state index is 13.7. The van der Waals surface area contributed by atoms with Crippen LogP contribution in [0.1, 0.15) is 22.7 Å². The summed E-state index contributed by atoms with van der Waals surface area (Å²) < 4.78 is 19.3. The minimum absolute atomic E-state index is 0.0275. The second-order valence-corrected chi connectivity index (χ2v) is 9.88. The molecule has 0 saturated heterocycles. The summed E-state index contributed by atoms with van der Waals surface area (Å²) in [6, 6.07) is 25.4. The Labute approximate surface area is 241 Å². The number of rotatable bonds is 10. The number of benzene rings is 4. The summed E-state index contributed by atoms with van der Waals surface area (Å²) in [7, 11) is 0. The van der Waals surface area contributed by atoms with Crippen molar-refractivity contribution in [3.05, 3.63) is 135 Å². The lowest BCUT2D eigenvalue weighted by molar-refractivity contribution is -0.143. The van der Waals surface area contributed by atoms with E-state index in [0.29, 0.717) is 37.5 Å². The zero-order valence-corrected chi connectivity index (χ0v) is 22.9. The van der Waals surface area contributed by atoms with Gasteiger partial charge in [-0.05, 0) is 53.1 Å². The van der Waals surface area contributed by atoms with Crippen molar-refractivity contribution in [3.8, 4) is 5.75 Å². The SMILES string of the molecule is O=C(NCc1ccc(Cl)cc1Cl)C(c1ccccc1)N(Cc1ccc(F)cc1)C(=O)COc1ccccc1Cl. The van der Waals surface area contributed by atoms with Gasteiger partial charge >= 0.3 is 0 Å². The van der Waals surface area contributed by atoms with Crippen LogP contribution in [0.25, 0.3) is 0 Å². The Morgan fingerprint density at radius 2 is 1.54 bits per heavy atom. The molecule has 0 spiro atoms. The van der Waals surface area contributed by atoms with Crippen LogP contribution in [0.3, 0.4) is 0 Å². The molecule has 1 unspecified atom stereocenters. The van der Waals surface area contributed by atoms with Gasteiger partial charge in [0.2, 0.25) is 5.91 Å². The highest BCUT2D eigenvalue weighted by Crippen LogP contribution is 2.27. The van der Waals surface area contributed by atoms with Crippen LogP contribution in [0.2, 0.25) is 15.1 Å². The van der Waals surface area contributed by atoms with Gasteiger partial charge in [-0.1, -0.05) is 95.5 Å². The number of halogens is 4. The summed E-state index contributed by atoms with van der Waals surface area (Å²) in [4.78, 5) is 28.8. The fraction of sp³-hybridized carbons (Fsp3) is 0.133. The number of hydrogen-bond acceptors (Lipinski definition) is 3. The largest absolute Gasteiger partial charge is 0.482 e. The monoisotopic (exact) mass is 584 g/mol. The molecule has 5 nitrogen and oxygen atoms in total. The van der Waals surface area contributed by atoms with Crippen molar-refractivity contribution in [3.63, 3.8) is 0 Å². The van der Waals surface area contributed by atoms with Gasteiger partial charge in [0.25, 0.3) is 5.91 Å². The number of nitrogens with zero attached hydrogens (tertiary/aromatic N) is 1. The summed E-state index contributed by atoms with van der Waals surface area (Å²) in [6.07, 6.45) is 0. The molecule has 1 N–H and O–H groups in total. The van der Waals surface area contributed by atoms with Crippen LogP contribution in [0.4, 0.5) is 4.39 Å². The van der Waals surface area contributed by atoms with Crippen molar-refractivity contribution in [1.29, 1.82) is 0 Å². The minimum atomic E-state index is -1.02. The molecule has 0 bridgehead atoms. The number of amides is 2. The standard InChI is InChI=1S/C30H24Cl3FN2O3/c31-23-13-12-22(26(33)16-23)17-35-30(38)29(21-6-2-1-3-7-21)36(18-20-10-14-24(34)15-11-20)28(37)19-39-27-9-5-4-8-25(27)32/h1-16,29H,17-19H2,(H,35,38). The normalized spacial score (nSPS) is 11.5. The van der Waals surface area contributed by atoms with Crippen molar-refractivity contribution < 1.29 is 18.7 Å². The Morgan fingerprint density at radius 1 is 0.846 bits per heavy atom.